The number of hydrogen-bond donors (Lipinski definition) is 0. The number of rotatable bonds is 9. The van der Waals surface area contributed by atoms with E-state index >= 15 is 0 Å². The predicted octanol–water partition coefficient (Wildman–Crippen LogP) is 2.69. The van der Waals surface area contributed by atoms with Crippen LogP contribution in [0.15, 0.2) is 22.7 Å². The van der Waals surface area contributed by atoms with Gasteiger partial charge in [-0.2, -0.15) is 0 Å². The summed E-state index contributed by atoms with van der Waals surface area (Å²) < 4.78 is 16.6. The van der Waals surface area contributed by atoms with Gasteiger partial charge >= 0.3 is 0 Å². The first-order valence-electron chi connectivity index (χ1n) is 5.72. The molecule has 0 aliphatic rings. The van der Waals surface area contributed by atoms with Crippen LogP contribution in [0.3, 0.4) is 0 Å². The number of aldehydes is 1. The monoisotopic (exact) mass is 316 g/mol. The average Bonchev–Trinajstić information content (AvgIpc) is 2.39. The maximum atomic E-state index is 10.8. The summed E-state index contributed by atoms with van der Waals surface area (Å²) in [6.07, 6.45) is 1.65. The third-order valence-electron chi connectivity index (χ3n) is 2.22. The fraction of sp³-hybridized carbons (Fsp3) is 0.462. The van der Waals surface area contributed by atoms with Gasteiger partial charge in [0, 0.05) is 24.8 Å². The normalized spacial score (nSPS) is 10.3. The second-order valence-corrected chi connectivity index (χ2v) is 4.52. The van der Waals surface area contributed by atoms with Crippen LogP contribution in [0.25, 0.3) is 0 Å². The van der Waals surface area contributed by atoms with E-state index in [1.165, 1.54) is 0 Å². The van der Waals surface area contributed by atoms with Gasteiger partial charge in [-0.15, -0.1) is 0 Å². The van der Waals surface area contributed by atoms with Crippen molar-refractivity contribution in [3.05, 3.63) is 28.2 Å². The second-order valence-electron chi connectivity index (χ2n) is 3.61. The molecule has 0 saturated heterocycles. The SMILES string of the molecule is COCCCOCCOc1ccc(Br)cc1C=O. The summed E-state index contributed by atoms with van der Waals surface area (Å²) in [7, 11) is 1.66. The lowest BCUT2D eigenvalue weighted by atomic mass is 10.2. The highest BCUT2D eigenvalue weighted by Crippen LogP contribution is 2.21. The largest absolute Gasteiger partial charge is 0.490 e. The number of hydrogen-bond acceptors (Lipinski definition) is 4. The van der Waals surface area contributed by atoms with E-state index in [9.17, 15) is 4.79 Å². The summed E-state index contributed by atoms with van der Waals surface area (Å²) in [5.74, 6) is 0.577. The van der Waals surface area contributed by atoms with Crippen LogP contribution in [0, 0.1) is 0 Å². The Balaban J connectivity index is 2.25. The summed E-state index contributed by atoms with van der Waals surface area (Å²) >= 11 is 3.30. The molecule has 0 aliphatic heterocycles. The Hall–Kier alpha value is -0.910. The van der Waals surface area contributed by atoms with Gasteiger partial charge in [0.05, 0.1) is 12.2 Å². The van der Waals surface area contributed by atoms with Crippen molar-refractivity contribution in [3.8, 4) is 5.75 Å². The third-order valence-corrected chi connectivity index (χ3v) is 2.71. The van der Waals surface area contributed by atoms with Gasteiger partial charge in [0.1, 0.15) is 12.4 Å². The summed E-state index contributed by atoms with van der Waals surface area (Å²) in [4.78, 5) is 10.8. The van der Waals surface area contributed by atoms with Gasteiger partial charge in [-0.25, -0.2) is 0 Å². The highest BCUT2D eigenvalue weighted by Gasteiger charge is 2.03. The zero-order chi connectivity index (χ0) is 13.2. The first kappa shape index (κ1) is 15.1. The van der Waals surface area contributed by atoms with Crippen molar-refractivity contribution in [2.75, 3.05) is 33.5 Å². The molecule has 0 heterocycles. The Morgan fingerprint density at radius 2 is 2.06 bits per heavy atom. The molecular formula is C13H17BrO4. The molecule has 0 aromatic heterocycles. The fourth-order valence-electron chi connectivity index (χ4n) is 1.36. The first-order chi connectivity index (χ1) is 8.77. The quantitative estimate of drug-likeness (QED) is 0.519. The number of halogens is 1. The van der Waals surface area contributed by atoms with Crippen molar-refractivity contribution in [1.82, 2.24) is 0 Å². The van der Waals surface area contributed by atoms with Crippen molar-refractivity contribution >= 4 is 22.2 Å². The zero-order valence-corrected chi connectivity index (χ0v) is 11.9. The molecule has 0 radical (unpaired) electrons. The standard InChI is InChI=1S/C13H17BrO4/c1-16-5-2-6-17-7-8-18-13-4-3-12(14)9-11(13)10-15/h3-4,9-10H,2,5-8H2,1H3. The molecule has 5 heteroatoms. The second kappa shape index (κ2) is 9.08. The van der Waals surface area contributed by atoms with Crippen LogP contribution in [0.2, 0.25) is 0 Å². The molecule has 1 rings (SSSR count). The maximum absolute atomic E-state index is 10.8. The average molecular weight is 317 g/mol. The van der Waals surface area contributed by atoms with Crippen molar-refractivity contribution in [2.24, 2.45) is 0 Å². The molecule has 0 saturated carbocycles. The van der Waals surface area contributed by atoms with E-state index in [1.54, 1.807) is 19.2 Å². The van der Waals surface area contributed by atoms with E-state index in [1.807, 2.05) is 6.07 Å². The van der Waals surface area contributed by atoms with Crippen molar-refractivity contribution in [2.45, 2.75) is 6.42 Å². The van der Waals surface area contributed by atoms with Crippen LogP contribution in [0.4, 0.5) is 0 Å². The Labute approximate surface area is 115 Å². The van der Waals surface area contributed by atoms with Crippen LogP contribution in [0.5, 0.6) is 5.75 Å². The molecule has 4 nitrogen and oxygen atoms in total. The number of ether oxygens (including phenoxy) is 3. The molecule has 0 fully saturated rings. The van der Waals surface area contributed by atoms with Gasteiger partial charge in [0.25, 0.3) is 0 Å². The molecule has 0 atom stereocenters. The van der Waals surface area contributed by atoms with Crippen LogP contribution < -0.4 is 4.74 Å². The molecule has 100 valence electrons. The molecule has 0 aliphatic carbocycles. The van der Waals surface area contributed by atoms with E-state index in [0.717, 1.165) is 17.2 Å². The number of benzene rings is 1. The van der Waals surface area contributed by atoms with E-state index in [2.05, 4.69) is 15.9 Å². The highest BCUT2D eigenvalue weighted by molar-refractivity contribution is 9.10. The number of methoxy groups -OCH3 is 1. The first-order valence-corrected chi connectivity index (χ1v) is 6.51. The Morgan fingerprint density at radius 3 is 2.78 bits per heavy atom. The van der Waals surface area contributed by atoms with Crippen LogP contribution >= 0.6 is 15.9 Å². The van der Waals surface area contributed by atoms with Gasteiger partial charge < -0.3 is 14.2 Å². The fourth-order valence-corrected chi connectivity index (χ4v) is 1.74. The molecule has 0 spiro atoms. The maximum Gasteiger partial charge on any atom is 0.153 e. The Bertz CT molecular complexity index is 368. The third kappa shape index (κ3) is 5.62. The smallest absolute Gasteiger partial charge is 0.153 e. The van der Waals surface area contributed by atoms with Gasteiger partial charge in [-0.3, -0.25) is 4.79 Å². The van der Waals surface area contributed by atoms with Gasteiger partial charge in [-0.1, -0.05) is 15.9 Å². The number of carbonyl (C=O) groups excluding carboxylic acids is 1. The predicted molar refractivity (Wildman–Crippen MR) is 72.3 cm³/mol. The lowest BCUT2D eigenvalue weighted by Crippen LogP contribution is -2.09. The molecule has 0 N–H and O–H groups in total. The van der Waals surface area contributed by atoms with E-state index in [0.29, 0.717) is 37.7 Å². The molecule has 0 bridgehead atoms. The lowest BCUT2D eigenvalue weighted by Gasteiger charge is -2.09. The van der Waals surface area contributed by atoms with Crippen molar-refractivity contribution < 1.29 is 19.0 Å². The zero-order valence-electron chi connectivity index (χ0n) is 10.4. The lowest BCUT2D eigenvalue weighted by molar-refractivity contribution is 0.0802. The molecule has 0 amide bonds. The molecule has 18 heavy (non-hydrogen) atoms. The summed E-state index contributed by atoms with van der Waals surface area (Å²) in [5, 5.41) is 0. The van der Waals surface area contributed by atoms with Gasteiger partial charge in [0.2, 0.25) is 0 Å². The Morgan fingerprint density at radius 1 is 1.22 bits per heavy atom. The van der Waals surface area contributed by atoms with Crippen molar-refractivity contribution in [1.29, 1.82) is 0 Å². The Kier molecular flexibility index (Phi) is 7.64. The summed E-state index contributed by atoms with van der Waals surface area (Å²) in [6, 6.07) is 5.32. The summed E-state index contributed by atoms with van der Waals surface area (Å²) in [5.41, 5.74) is 0.531. The van der Waals surface area contributed by atoms with Crippen LogP contribution in [-0.2, 0) is 9.47 Å². The van der Waals surface area contributed by atoms with Crippen molar-refractivity contribution in [3.63, 3.8) is 0 Å². The minimum atomic E-state index is 0.426. The molecule has 0 unspecified atom stereocenters. The van der Waals surface area contributed by atoms with Gasteiger partial charge in [-0.05, 0) is 24.6 Å². The van der Waals surface area contributed by atoms with Gasteiger partial charge in [0.15, 0.2) is 6.29 Å². The minimum Gasteiger partial charge on any atom is -0.490 e. The minimum absolute atomic E-state index is 0.426. The number of carbonyl (C=O) groups is 1. The van der Waals surface area contributed by atoms with E-state index < -0.39 is 0 Å². The highest BCUT2D eigenvalue weighted by atomic mass is 79.9. The van der Waals surface area contributed by atoms with Crippen LogP contribution in [0.1, 0.15) is 16.8 Å². The topological polar surface area (TPSA) is 44.8 Å². The molecular weight excluding hydrogens is 300 g/mol. The molecule has 1 aromatic rings. The summed E-state index contributed by atoms with van der Waals surface area (Å²) in [6.45, 7) is 2.27. The van der Waals surface area contributed by atoms with E-state index in [4.69, 9.17) is 14.2 Å². The van der Waals surface area contributed by atoms with E-state index in [-0.39, 0.29) is 0 Å². The molecule has 1 aromatic carbocycles. The van der Waals surface area contributed by atoms with Crippen LogP contribution in [-0.4, -0.2) is 39.8 Å².